The summed E-state index contributed by atoms with van der Waals surface area (Å²) in [5.74, 6) is 0.745. The van der Waals surface area contributed by atoms with E-state index in [1.54, 1.807) is 0 Å². The summed E-state index contributed by atoms with van der Waals surface area (Å²) in [5, 5.41) is -0.0218. The number of rotatable bonds is 6. The van der Waals surface area contributed by atoms with E-state index in [0.717, 1.165) is 17.7 Å². The Hall–Kier alpha value is -1.09. The summed E-state index contributed by atoms with van der Waals surface area (Å²) in [7, 11) is 0. The van der Waals surface area contributed by atoms with Crippen LogP contribution in [-0.4, -0.2) is 16.7 Å². The van der Waals surface area contributed by atoms with Crippen LogP contribution in [-0.2, 0) is 22.4 Å². The van der Waals surface area contributed by atoms with E-state index in [9.17, 15) is 9.59 Å². The van der Waals surface area contributed by atoms with Gasteiger partial charge in [-0.3, -0.25) is 9.59 Å². The number of ketones is 1. The molecule has 0 saturated carbocycles. The predicted molar refractivity (Wildman–Crippen MR) is 72.3 cm³/mol. The van der Waals surface area contributed by atoms with Crippen molar-refractivity contribution in [1.29, 1.82) is 0 Å². The van der Waals surface area contributed by atoms with Crippen molar-refractivity contribution < 1.29 is 9.59 Å². The highest BCUT2D eigenvalue weighted by molar-refractivity contribution is 8.13. The second-order valence-electron chi connectivity index (χ2n) is 3.82. The van der Waals surface area contributed by atoms with Gasteiger partial charge in [-0.2, -0.15) is 0 Å². The topological polar surface area (TPSA) is 34.1 Å². The first-order valence-corrected chi connectivity index (χ1v) is 6.90. The van der Waals surface area contributed by atoms with Crippen molar-refractivity contribution in [2.45, 2.75) is 33.1 Å². The summed E-state index contributed by atoms with van der Waals surface area (Å²) in [4.78, 5) is 23.1. The van der Waals surface area contributed by atoms with Crippen LogP contribution in [0, 0.1) is 0 Å². The lowest BCUT2D eigenvalue weighted by Crippen LogP contribution is -2.09. The minimum absolute atomic E-state index is 0.0110. The lowest BCUT2D eigenvalue weighted by molar-refractivity contribution is -0.122. The maximum Gasteiger partial charge on any atom is 0.196 e. The van der Waals surface area contributed by atoms with Crippen LogP contribution in [0.1, 0.15) is 31.4 Å². The molecule has 0 aliphatic carbocycles. The Bertz CT molecular complexity index is 399. The van der Waals surface area contributed by atoms with Gasteiger partial charge in [-0.1, -0.05) is 49.9 Å². The van der Waals surface area contributed by atoms with E-state index in [1.165, 1.54) is 17.3 Å². The molecular weight excluding hydrogens is 232 g/mol. The Kier molecular flexibility index (Phi) is 5.98. The molecule has 0 fully saturated rings. The van der Waals surface area contributed by atoms with Gasteiger partial charge in [0.15, 0.2) is 5.12 Å². The number of carbonyl (C=O) groups is 2. The van der Waals surface area contributed by atoms with E-state index in [1.807, 2.05) is 31.2 Å². The first-order valence-electron chi connectivity index (χ1n) is 5.91. The Morgan fingerprint density at radius 2 is 1.76 bits per heavy atom. The average Bonchev–Trinajstić information content (AvgIpc) is 2.29. The molecule has 17 heavy (non-hydrogen) atoms. The lowest BCUT2D eigenvalue weighted by Gasteiger charge is -2.06. The van der Waals surface area contributed by atoms with Crippen LogP contribution in [0.4, 0.5) is 0 Å². The van der Waals surface area contributed by atoms with E-state index in [4.69, 9.17) is 0 Å². The van der Waals surface area contributed by atoms with Gasteiger partial charge in [-0.15, -0.1) is 0 Å². The molecule has 0 N–H and O–H groups in total. The number of benzene rings is 1. The predicted octanol–water partition coefficient (Wildman–Crippen LogP) is 3.03. The zero-order chi connectivity index (χ0) is 12.7. The second-order valence-corrected chi connectivity index (χ2v) is 5.14. The van der Waals surface area contributed by atoms with E-state index < -0.39 is 0 Å². The molecule has 0 aromatic heterocycles. The van der Waals surface area contributed by atoms with E-state index in [2.05, 4.69) is 6.92 Å². The number of thioether (sulfide) groups is 1. The van der Waals surface area contributed by atoms with Crippen LogP contribution < -0.4 is 0 Å². The largest absolute Gasteiger partial charge is 0.299 e. The van der Waals surface area contributed by atoms with Crippen molar-refractivity contribution >= 4 is 22.7 Å². The van der Waals surface area contributed by atoms with Crippen molar-refractivity contribution in [1.82, 2.24) is 0 Å². The van der Waals surface area contributed by atoms with Gasteiger partial charge in [0.2, 0.25) is 0 Å². The average molecular weight is 250 g/mol. The number of hydrogen-bond donors (Lipinski definition) is 0. The summed E-state index contributed by atoms with van der Waals surface area (Å²) < 4.78 is 0. The third-order valence-corrected chi connectivity index (χ3v) is 3.29. The minimum atomic E-state index is -0.0218. The number of carbonyl (C=O) groups excluding carboxylic acids is 2. The first-order chi connectivity index (χ1) is 8.17. The number of aryl methyl sites for hydroxylation is 1. The molecule has 1 rings (SSSR count). The summed E-state index contributed by atoms with van der Waals surface area (Å²) in [6, 6.07) is 7.91. The van der Waals surface area contributed by atoms with Gasteiger partial charge in [0.25, 0.3) is 0 Å². The Balaban J connectivity index is 2.59. The van der Waals surface area contributed by atoms with Gasteiger partial charge >= 0.3 is 0 Å². The maximum atomic E-state index is 11.7. The molecule has 0 atom stereocenters. The molecule has 0 bridgehead atoms. The molecule has 0 spiro atoms. The van der Waals surface area contributed by atoms with Gasteiger partial charge in [0, 0.05) is 6.42 Å². The molecular formula is C14H18O2S. The molecule has 92 valence electrons. The normalized spacial score (nSPS) is 10.2. The molecule has 3 heteroatoms. The second kappa shape index (κ2) is 7.28. The molecule has 0 aliphatic heterocycles. The fourth-order valence-electron chi connectivity index (χ4n) is 1.72. The molecule has 0 unspecified atom stereocenters. The molecule has 0 heterocycles. The number of Topliss-reactive ketones (excluding diaryl/α,β-unsaturated/α-hetero) is 1. The van der Waals surface area contributed by atoms with Crippen molar-refractivity contribution in [3.8, 4) is 0 Å². The smallest absolute Gasteiger partial charge is 0.196 e. The number of hydrogen-bond acceptors (Lipinski definition) is 3. The molecule has 0 aliphatic rings. The van der Waals surface area contributed by atoms with E-state index in [0.29, 0.717) is 6.42 Å². The van der Waals surface area contributed by atoms with Crippen molar-refractivity contribution in [3.05, 3.63) is 35.4 Å². The van der Waals surface area contributed by atoms with Crippen LogP contribution >= 0.6 is 11.8 Å². The van der Waals surface area contributed by atoms with Crippen LogP contribution in [0.5, 0.6) is 0 Å². The standard InChI is InChI=1S/C14H18O2S/c1-3-11-7-5-6-8-12(11)9-13(15)10-14(16)17-4-2/h5-8H,3-4,9-10H2,1-2H3. The summed E-state index contributed by atoms with van der Waals surface area (Å²) in [6.07, 6.45) is 1.34. The monoisotopic (exact) mass is 250 g/mol. The van der Waals surface area contributed by atoms with Crippen LogP contribution in [0.25, 0.3) is 0 Å². The third-order valence-electron chi connectivity index (χ3n) is 2.53. The quantitative estimate of drug-likeness (QED) is 0.728. The summed E-state index contributed by atoms with van der Waals surface area (Å²) >= 11 is 1.22. The van der Waals surface area contributed by atoms with E-state index in [-0.39, 0.29) is 17.3 Å². The zero-order valence-corrected chi connectivity index (χ0v) is 11.2. The minimum Gasteiger partial charge on any atom is -0.299 e. The fraction of sp³-hybridized carbons (Fsp3) is 0.429. The SMILES string of the molecule is CCSC(=O)CC(=O)Cc1ccccc1CC. The molecule has 1 aromatic carbocycles. The molecule has 2 nitrogen and oxygen atoms in total. The van der Waals surface area contributed by atoms with Gasteiger partial charge in [-0.25, -0.2) is 0 Å². The van der Waals surface area contributed by atoms with Gasteiger partial charge in [0.1, 0.15) is 5.78 Å². The summed E-state index contributed by atoms with van der Waals surface area (Å²) in [5.41, 5.74) is 2.24. The lowest BCUT2D eigenvalue weighted by atomic mass is 10.00. The van der Waals surface area contributed by atoms with Gasteiger partial charge in [-0.05, 0) is 23.3 Å². The highest BCUT2D eigenvalue weighted by Crippen LogP contribution is 2.13. The van der Waals surface area contributed by atoms with Crippen LogP contribution in [0.15, 0.2) is 24.3 Å². The molecule has 0 amide bonds. The van der Waals surface area contributed by atoms with Crippen LogP contribution in [0.3, 0.4) is 0 Å². The van der Waals surface area contributed by atoms with Crippen molar-refractivity contribution in [2.24, 2.45) is 0 Å². The Labute approximate surface area is 107 Å². The maximum absolute atomic E-state index is 11.7. The third kappa shape index (κ3) is 4.73. The molecule has 0 radical (unpaired) electrons. The zero-order valence-electron chi connectivity index (χ0n) is 10.4. The van der Waals surface area contributed by atoms with Crippen molar-refractivity contribution in [3.63, 3.8) is 0 Å². The first kappa shape index (κ1) is 14.0. The highest BCUT2D eigenvalue weighted by atomic mass is 32.2. The Morgan fingerprint density at radius 1 is 1.12 bits per heavy atom. The van der Waals surface area contributed by atoms with E-state index >= 15 is 0 Å². The van der Waals surface area contributed by atoms with Gasteiger partial charge < -0.3 is 0 Å². The fourth-order valence-corrected chi connectivity index (χ4v) is 2.31. The highest BCUT2D eigenvalue weighted by Gasteiger charge is 2.11. The summed E-state index contributed by atoms with van der Waals surface area (Å²) in [6.45, 7) is 3.99. The molecule has 1 aromatic rings. The van der Waals surface area contributed by atoms with Crippen molar-refractivity contribution in [2.75, 3.05) is 5.75 Å². The Morgan fingerprint density at radius 3 is 2.35 bits per heavy atom. The molecule has 0 saturated heterocycles. The van der Waals surface area contributed by atoms with Gasteiger partial charge in [0.05, 0.1) is 6.42 Å². The van der Waals surface area contributed by atoms with Crippen LogP contribution in [0.2, 0.25) is 0 Å².